The number of aromatic nitrogens is 1. The minimum atomic E-state index is 0.650. The van der Waals surface area contributed by atoms with Gasteiger partial charge in [-0.15, -0.1) is 0 Å². The van der Waals surface area contributed by atoms with Gasteiger partial charge < -0.3 is 4.74 Å². The molecule has 2 rings (SSSR count). The monoisotopic (exact) mass is 177 g/mol. The molecule has 1 aromatic heterocycles. The van der Waals surface area contributed by atoms with Gasteiger partial charge in [-0.3, -0.25) is 4.98 Å². The summed E-state index contributed by atoms with van der Waals surface area (Å²) in [5, 5.41) is 0. The van der Waals surface area contributed by atoms with Crippen molar-refractivity contribution in [1.29, 1.82) is 0 Å². The summed E-state index contributed by atoms with van der Waals surface area (Å²) in [5.74, 6) is 2.36. The molecule has 2 nitrogen and oxygen atoms in total. The van der Waals surface area contributed by atoms with Crippen LogP contribution in [0.15, 0.2) is 18.5 Å². The van der Waals surface area contributed by atoms with E-state index in [-0.39, 0.29) is 0 Å². The van der Waals surface area contributed by atoms with Crippen LogP contribution in [-0.4, -0.2) is 11.6 Å². The predicted molar refractivity (Wildman–Crippen MR) is 51.8 cm³/mol. The Bertz CT molecular complexity index is 296. The van der Waals surface area contributed by atoms with Gasteiger partial charge in [-0.25, -0.2) is 0 Å². The highest BCUT2D eigenvalue weighted by Crippen LogP contribution is 2.29. The molecule has 70 valence electrons. The molecular formula is C11H15NO. The minimum Gasteiger partial charge on any atom is -0.493 e. The zero-order chi connectivity index (χ0) is 9.26. The van der Waals surface area contributed by atoms with Crippen LogP contribution in [0.5, 0.6) is 5.75 Å². The number of nitrogens with zero attached hydrogens (tertiary/aromatic N) is 1. The molecule has 0 spiro atoms. The number of hydrogen-bond acceptors (Lipinski definition) is 2. The average Bonchev–Trinajstić information content (AvgIpc) is 2.17. The summed E-state index contributed by atoms with van der Waals surface area (Å²) in [6.45, 7) is 5.35. The summed E-state index contributed by atoms with van der Waals surface area (Å²) < 4.78 is 5.66. The van der Waals surface area contributed by atoms with Gasteiger partial charge in [-0.05, 0) is 24.3 Å². The lowest BCUT2D eigenvalue weighted by Crippen LogP contribution is -2.25. The Balaban J connectivity index is 2.20. The molecule has 0 saturated heterocycles. The molecule has 1 aliphatic rings. The maximum absolute atomic E-state index is 5.66. The Kier molecular flexibility index (Phi) is 2.21. The van der Waals surface area contributed by atoms with E-state index in [2.05, 4.69) is 18.8 Å². The zero-order valence-corrected chi connectivity index (χ0v) is 8.16. The van der Waals surface area contributed by atoms with E-state index in [1.807, 2.05) is 12.3 Å². The Hall–Kier alpha value is -1.05. The van der Waals surface area contributed by atoms with Gasteiger partial charge >= 0.3 is 0 Å². The fourth-order valence-electron chi connectivity index (χ4n) is 1.67. The molecule has 0 aliphatic carbocycles. The fourth-order valence-corrected chi connectivity index (χ4v) is 1.67. The molecule has 0 amide bonds. The Morgan fingerprint density at radius 3 is 3.15 bits per heavy atom. The lowest BCUT2D eigenvalue weighted by molar-refractivity contribution is 0.184. The van der Waals surface area contributed by atoms with Gasteiger partial charge in [0.05, 0.1) is 6.61 Å². The van der Waals surface area contributed by atoms with E-state index in [0.717, 1.165) is 18.8 Å². The molecule has 1 aromatic rings. The van der Waals surface area contributed by atoms with Crippen LogP contribution < -0.4 is 4.74 Å². The van der Waals surface area contributed by atoms with Crippen molar-refractivity contribution in [2.45, 2.75) is 20.3 Å². The molecule has 13 heavy (non-hydrogen) atoms. The maximum Gasteiger partial charge on any atom is 0.125 e. The van der Waals surface area contributed by atoms with E-state index in [1.165, 1.54) is 5.56 Å². The maximum atomic E-state index is 5.66. The third kappa shape index (κ3) is 1.67. The van der Waals surface area contributed by atoms with Crippen LogP contribution >= 0.6 is 0 Å². The second-order valence-electron chi connectivity index (χ2n) is 4.00. The number of ether oxygens (including phenoxy) is 1. The molecule has 0 bridgehead atoms. The van der Waals surface area contributed by atoms with Crippen molar-refractivity contribution in [2.75, 3.05) is 6.61 Å². The topological polar surface area (TPSA) is 22.1 Å². The molecule has 1 atom stereocenters. The zero-order valence-electron chi connectivity index (χ0n) is 8.16. The highest BCUT2D eigenvalue weighted by Gasteiger charge is 2.21. The lowest BCUT2D eigenvalue weighted by atomic mass is 9.89. The molecule has 1 unspecified atom stereocenters. The first-order valence-electron chi connectivity index (χ1n) is 4.83. The molecule has 0 fully saturated rings. The third-order valence-electron chi connectivity index (χ3n) is 2.74. The van der Waals surface area contributed by atoms with Crippen molar-refractivity contribution in [3.8, 4) is 5.75 Å². The van der Waals surface area contributed by atoms with Crippen molar-refractivity contribution in [3.05, 3.63) is 24.0 Å². The standard InChI is InChI=1S/C11H15NO/c1-8(2)10-5-9-6-12-4-3-11(9)13-7-10/h3-4,6,8,10H,5,7H2,1-2H3. The third-order valence-corrected chi connectivity index (χ3v) is 2.74. The molecular weight excluding hydrogens is 162 g/mol. The number of rotatable bonds is 1. The van der Waals surface area contributed by atoms with Crippen LogP contribution in [0.1, 0.15) is 19.4 Å². The summed E-state index contributed by atoms with van der Waals surface area (Å²) >= 11 is 0. The minimum absolute atomic E-state index is 0.650. The van der Waals surface area contributed by atoms with Crippen LogP contribution in [0.4, 0.5) is 0 Å². The van der Waals surface area contributed by atoms with Crippen LogP contribution in [0, 0.1) is 11.8 Å². The highest BCUT2D eigenvalue weighted by molar-refractivity contribution is 5.32. The fraction of sp³-hybridized carbons (Fsp3) is 0.545. The molecule has 0 saturated carbocycles. The Morgan fingerprint density at radius 2 is 2.38 bits per heavy atom. The smallest absolute Gasteiger partial charge is 0.125 e. The summed E-state index contributed by atoms with van der Waals surface area (Å²) in [4.78, 5) is 4.11. The number of pyridine rings is 1. The second kappa shape index (κ2) is 3.36. The largest absolute Gasteiger partial charge is 0.493 e. The van der Waals surface area contributed by atoms with Crippen molar-refractivity contribution in [3.63, 3.8) is 0 Å². The van der Waals surface area contributed by atoms with Gasteiger partial charge in [-0.1, -0.05) is 13.8 Å². The van der Waals surface area contributed by atoms with Gasteiger partial charge in [0, 0.05) is 18.0 Å². The van der Waals surface area contributed by atoms with Gasteiger partial charge in [0.15, 0.2) is 0 Å². The lowest BCUT2D eigenvalue weighted by Gasteiger charge is -2.27. The van der Waals surface area contributed by atoms with Crippen LogP contribution in [0.2, 0.25) is 0 Å². The van der Waals surface area contributed by atoms with Crippen molar-refractivity contribution < 1.29 is 4.74 Å². The molecule has 0 radical (unpaired) electrons. The quantitative estimate of drug-likeness (QED) is 0.656. The summed E-state index contributed by atoms with van der Waals surface area (Å²) in [6, 6.07) is 1.95. The van der Waals surface area contributed by atoms with E-state index in [4.69, 9.17) is 4.74 Å². The van der Waals surface area contributed by atoms with E-state index in [0.29, 0.717) is 11.8 Å². The Labute approximate surface area is 78.9 Å². The first kappa shape index (κ1) is 8.54. The van der Waals surface area contributed by atoms with Crippen LogP contribution in [0.3, 0.4) is 0 Å². The molecule has 0 aromatic carbocycles. The first-order valence-corrected chi connectivity index (χ1v) is 4.83. The number of fused-ring (bicyclic) bond motifs is 1. The Morgan fingerprint density at radius 1 is 1.54 bits per heavy atom. The molecule has 0 N–H and O–H groups in total. The number of hydrogen-bond donors (Lipinski definition) is 0. The van der Waals surface area contributed by atoms with E-state index >= 15 is 0 Å². The SMILES string of the molecule is CC(C)C1COc2ccncc2C1. The summed E-state index contributed by atoms with van der Waals surface area (Å²) in [6.07, 6.45) is 4.82. The molecule has 1 aliphatic heterocycles. The predicted octanol–water partition coefficient (Wildman–Crippen LogP) is 2.29. The first-order chi connectivity index (χ1) is 6.27. The molecule has 2 heterocycles. The molecule has 2 heteroatoms. The average molecular weight is 177 g/mol. The van der Waals surface area contributed by atoms with Gasteiger partial charge in [0.1, 0.15) is 5.75 Å². The van der Waals surface area contributed by atoms with E-state index in [9.17, 15) is 0 Å². The van der Waals surface area contributed by atoms with E-state index < -0.39 is 0 Å². The van der Waals surface area contributed by atoms with Gasteiger partial charge in [0.2, 0.25) is 0 Å². The normalized spacial score (nSPS) is 21.0. The van der Waals surface area contributed by atoms with Crippen molar-refractivity contribution in [1.82, 2.24) is 4.98 Å². The van der Waals surface area contributed by atoms with Crippen molar-refractivity contribution >= 4 is 0 Å². The van der Waals surface area contributed by atoms with Gasteiger partial charge in [-0.2, -0.15) is 0 Å². The van der Waals surface area contributed by atoms with E-state index in [1.54, 1.807) is 6.20 Å². The second-order valence-corrected chi connectivity index (χ2v) is 4.00. The van der Waals surface area contributed by atoms with Gasteiger partial charge in [0.25, 0.3) is 0 Å². The van der Waals surface area contributed by atoms with Crippen LogP contribution in [-0.2, 0) is 6.42 Å². The van der Waals surface area contributed by atoms with Crippen molar-refractivity contribution in [2.24, 2.45) is 11.8 Å². The summed E-state index contributed by atoms with van der Waals surface area (Å²) in [7, 11) is 0. The van der Waals surface area contributed by atoms with Crippen LogP contribution in [0.25, 0.3) is 0 Å². The highest BCUT2D eigenvalue weighted by atomic mass is 16.5. The summed E-state index contributed by atoms with van der Waals surface area (Å²) in [5.41, 5.74) is 1.26.